The van der Waals surface area contributed by atoms with Crippen LogP contribution in [0.5, 0.6) is 0 Å². The zero-order chi connectivity index (χ0) is 15.9. The van der Waals surface area contributed by atoms with Crippen molar-refractivity contribution in [3.63, 3.8) is 0 Å². The number of aromatic carboxylic acids is 1. The van der Waals surface area contributed by atoms with E-state index in [9.17, 15) is 26.7 Å². The lowest BCUT2D eigenvalue weighted by Crippen LogP contribution is -2.07. The van der Waals surface area contributed by atoms with Gasteiger partial charge in [0.1, 0.15) is 5.69 Å². The Morgan fingerprint density at radius 3 is 1.90 bits per heavy atom. The summed E-state index contributed by atoms with van der Waals surface area (Å²) in [5, 5.41) is 8.27. The van der Waals surface area contributed by atoms with Crippen molar-refractivity contribution in [2.24, 2.45) is 0 Å². The molecule has 9 heteroatoms. The molecule has 2 aromatic rings. The molecule has 0 saturated carbocycles. The van der Waals surface area contributed by atoms with E-state index in [4.69, 9.17) is 16.7 Å². The molecule has 3 nitrogen and oxygen atoms in total. The smallest absolute Gasteiger partial charge is 0.354 e. The molecule has 0 spiro atoms. The molecule has 1 heterocycles. The van der Waals surface area contributed by atoms with E-state index in [1.54, 1.807) is 0 Å². The Kier molecular flexibility index (Phi) is 3.82. The second-order valence-electron chi connectivity index (χ2n) is 3.78. The number of carbonyl (C=O) groups is 1. The lowest BCUT2D eigenvalue weighted by Gasteiger charge is -2.09. The first kappa shape index (κ1) is 15.2. The van der Waals surface area contributed by atoms with Gasteiger partial charge in [-0.3, -0.25) is 0 Å². The highest BCUT2D eigenvalue weighted by atomic mass is 35.5. The van der Waals surface area contributed by atoms with Crippen LogP contribution in [0.15, 0.2) is 12.1 Å². The Labute approximate surface area is 118 Å². The maximum Gasteiger partial charge on any atom is 0.354 e. The molecule has 0 aliphatic carbocycles. The fourth-order valence-corrected chi connectivity index (χ4v) is 1.75. The minimum atomic E-state index is -2.33. The third kappa shape index (κ3) is 2.42. The van der Waals surface area contributed by atoms with Crippen molar-refractivity contribution < 1.29 is 31.9 Å². The normalized spacial score (nSPS) is 10.8. The molecular weight excluding hydrogens is 321 g/mol. The molecule has 0 unspecified atom stereocenters. The number of rotatable bonds is 2. The molecule has 0 aliphatic rings. The van der Waals surface area contributed by atoms with Crippen molar-refractivity contribution in [2.75, 3.05) is 0 Å². The van der Waals surface area contributed by atoms with Gasteiger partial charge in [-0.15, -0.1) is 0 Å². The van der Waals surface area contributed by atoms with Crippen molar-refractivity contribution >= 4 is 17.6 Å². The summed E-state index contributed by atoms with van der Waals surface area (Å²) in [6.07, 6.45) is 0. The zero-order valence-corrected chi connectivity index (χ0v) is 10.5. The van der Waals surface area contributed by atoms with Crippen LogP contribution in [-0.2, 0) is 0 Å². The van der Waals surface area contributed by atoms with E-state index < -0.39 is 57.0 Å². The number of nitrogens with zero attached hydrogens (tertiary/aromatic N) is 1. The van der Waals surface area contributed by atoms with Gasteiger partial charge in [0.15, 0.2) is 23.3 Å². The van der Waals surface area contributed by atoms with Crippen molar-refractivity contribution in [2.45, 2.75) is 0 Å². The van der Waals surface area contributed by atoms with Gasteiger partial charge in [0.05, 0.1) is 16.3 Å². The predicted octanol–water partition coefficient (Wildman–Crippen LogP) is 3.80. The summed E-state index contributed by atoms with van der Waals surface area (Å²) < 4.78 is 66.5. The first-order chi connectivity index (χ1) is 9.75. The van der Waals surface area contributed by atoms with E-state index in [-0.39, 0.29) is 0 Å². The van der Waals surface area contributed by atoms with Crippen LogP contribution in [0.25, 0.3) is 11.3 Å². The molecule has 1 N–H and O–H groups in total. The van der Waals surface area contributed by atoms with Gasteiger partial charge >= 0.3 is 5.97 Å². The first-order valence-electron chi connectivity index (χ1n) is 5.17. The van der Waals surface area contributed by atoms with Crippen LogP contribution < -0.4 is 0 Å². The van der Waals surface area contributed by atoms with Gasteiger partial charge in [-0.1, -0.05) is 11.6 Å². The fourth-order valence-electron chi connectivity index (χ4n) is 1.55. The quantitative estimate of drug-likeness (QED) is 0.519. The Morgan fingerprint density at radius 1 is 0.952 bits per heavy atom. The van der Waals surface area contributed by atoms with Gasteiger partial charge in [-0.25, -0.2) is 31.7 Å². The van der Waals surface area contributed by atoms with E-state index in [0.29, 0.717) is 0 Å². The summed E-state index contributed by atoms with van der Waals surface area (Å²) in [6.45, 7) is 0. The van der Waals surface area contributed by atoms with Crippen LogP contribution in [0.3, 0.4) is 0 Å². The Bertz CT molecular complexity index is 737. The number of pyridine rings is 1. The number of benzene rings is 1. The van der Waals surface area contributed by atoms with E-state index in [0.717, 1.165) is 12.1 Å². The lowest BCUT2D eigenvalue weighted by molar-refractivity contribution is 0.0690. The number of carboxylic acids is 1. The van der Waals surface area contributed by atoms with Crippen LogP contribution in [0, 0.1) is 29.1 Å². The maximum absolute atomic E-state index is 13.6. The van der Waals surface area contributed by atoms with Gasteiger partial charge in [-0.05, 0) is 12.1 Å². The van der Waals surface area contributed by atoms with Crippen LogP contribution in [0.1, 0.15) is 10.5 Å². The highest BCUT2D eigenvalue weighted by Gasteiger charge is 2.29. The largest absolute Gasteiger partial charge is 0.477 e. The number of carboxylic acid groups (broad SMARTS) is 1. The molecule has 0 atom stereocenters. The summed E-state index contributed by atoms with van der Waals surface area (Å²) >= 11 is 5.60. The summed E-state index contributed by atoms with van der Waals surface area (Å²) in [6, 6.07) is 1.84. The number of hydrogen-bond donors (Lipinski definition) is 1. The van der Waals surface area contributed by atoms with Crippen LogP contribution in [0.2, 0.25) is 5.02 Å². The van der Waals surface area contributed by atoms with E-state index in [1.165, 1.54) is 0 Å². The van der Waals surface area contributed by atoms with Crippen LogP contribution >= 0.6 is 11.6 Å². The molecular formula is C12H3ClF5NO2. The number of aromatic nitrogens is 1. The van der Waals surface area contributed by atoms with Crippen molar-refractivity contribution in [3.05, 3.63) is 51.9 Å². The molecule has 1 aromatic heterocycles. The summed E-state index contributed by atoms with van der Waals surface area (Å²) in [5.74, 6) is -12.5. The highest BCUT2D eigenvalue weighted by molar-refractivity contribution is 6.33. The van der Waals surface area contributed by atoms with Crippen LogP contribution in [-0.4, -0.2) is 16.1 Å². The number of halogens is 6. The Morgan fingerprint density at radius 2 is 1.43 bits per heavy atom. The average molecular weight is 324 g/mol. The third-order valence-electron chi connectivity index (χ3n) is 2.51. The minimum absolute atomic E-state index is 0.469. The molecule has 2 rings (SSSR count). The molecule has 0 radical (unpaired) electrons. The van der Waals surface area contributed by atoms with E-state index in [1.807, 2.05) is 0 Å². The SMILES string of the molecule is O=C(O)c1ccc(Cl)c(-c2c(F)c(F)c(F)c(F)c2F)n1. The molecule has 1 aromatic carbocycles. The number of hydrogen-bond acceptors (Lipinski definition) is 2. The van der Waals surface area contributed by atoms with Crippen molar-refractivity contribution in [3.8, 4) is 11.3 Å². The summed E-state index contributed by atoms with van der Waals surface area (Å²) in [4.78, 5) is 14.1. The topological polar surface area (TPSA) is 50.2 Å². The molecule has 0 saturated heterocycles. The second kappa shape index (κ2) is 5.28. The maximum atomic E-state index is 13.6. The van der Waals surface area contributed by atoms with Gasteiger partial charge in [0, 0.05) is 0 Å². The van der Waals surface area contributed by atoms with Crippen LogP contribution in [0.4, 0.5) is 22.0 Å². The molecule has 110 valence electrons. The Balaban J connectivity index is 2.85. The molecule has 0 aliphatic heterocycles. The molecule has 0 bridgehead atoms. The second-order valence-corrected chi connectivity index (χ2v) is 4.18. The van der Waals surface area contributed by atoms with E-state index >= 15 is 0 Å². The first-order valence-corrected chi connectivity index (χ1v) is 5.55. The third-order valence-corrected chi connectivity index (χ3v) is 2.82. The fraction of sp³-hybridized carbons (Fsp3) is 0. The summed E-state index contributed by atoms with van der Waals surface area (Å²) in [5.41, 5.74) is -2.91. The minimum Gasteiger partial charge on any atom is -0.477 e. The molecule has 0 fully saturated rings. The van der Waals surface area contributed by atoms with E-state index in [2.05, 4.69) is 4.98 Å². The molecule has 21 heavy (non-hydrogen) atoms. The van der Waals surface area contributed by atoms with Gasteiger partial charge in [-0.2, -0.15) is 0 Å². The van der Waals surface area contributed by atoms with Gasteiger partial charge < -0.3 is 5.11 Å². The lowest BCUT2D eigenvalue weighted by atomic mass is 10.1. The van der Waals surface area contributed by atoms with Gasteiger partial charge in [0.2, 0.25) is 5.82 Å². The summed E-state index contributed by atoms with van der Waals surface area (Å²) in [7, 11) is 0. The van der Waals surface area contributed by atoms with Gasteiger partial charge in [0.25, 0.3) is 0 Å². The average Bonchev–Trinajstić information content (AvgIpc) is 2.45. The Hall–Kier alpha value is -2.22. The highest BCUT2D eigenvalue weighted by Crippen LogP contribution is 2.34. The predicted molar refractivity (Wildman–Crippen MR) is 61.4 cm³/mol. The van der Waals surface area contributed by atoms with Crippen molar-refractivity contribution in [1.82, 2.24) is 4.98 Å². The van der Waals surface area contributed by atoms with Crippen molar-refractivity contribution in [1.29, 1.82) is 0 Å². The zero-order valence-electron chi connectivity index (χ0n) is 9.73. The monoisotopic (exact) mass is 323 g/mol. The molecule has 0 amide bonds. The standard InChI is InChI=1S/C12H3ClF5NO2/c13-3-1-2-4(12(20)21)19-11(3)5-6(14)8(16)10(18)9(17)7(5)15/h1-2H,(H,20,21).